The molecule has 3 nitrogen and oxygen atoms in total. The molecule has 1 aromatic rings. The third kappa shape index (κ3) is 1.65. The summed E-state index contributed by atoms with van der Waals surface area (Å²) in [5.74, 6) is 0.145. The third-order valence-electron chi connectivity index (χ3n) is 1.53. The van der Waals surface area contributed by atoms with Crippen LogP contribution in [0.3, 0.4) is 0 Å². The fourth-order valence-electron chi connectivity index (χ4n) is 0.947. The largest absolute Gasteiger partial charge is 0.242 e. The van der Waals surface area contributed by atoms with Gasteiger partial charge in [-0.05, 0) is 36.5 Å². The lowest BCUT2D eigenvalue weighted by atomic mass is 10.2. The molecular formula is C8H4FN3S. The zero-order valence-corrected chi connectivity index (χ0v) is 7.25. The van der Waals surface area contributed by atoms with Gasteiger partial charge in [-0.1, -0.05) is 0 Å². The average Bonchev–Trinajstić information content (AvgIpc) is 2.53. The van der Waals surface area contributed by atoms with Crippen molar-refractivity contribution in [1.29, 1.82) is 0 Å². The van der Waals surface area contributed by atoms with E-state index in [4.69, 9.17) is 12.2 Å². The first kappa shape index (κ1) is 8.12. The Hall–Kier alpha value is -1.49. The Morgan fingerprint density at radius 3 is 2.31 bits per heavy atom. The van der Waals surface area contributed by atoms with Gasteiger partial charge < -0.3 is 0 Å². The van der Waals surface area contributed by atoms with Crippen molar-refractivity contribution in [3.8, 4) is 0 Å². The number of azo groups is 1. The molecule has 1 aliphatic rings. The van der Waals surface area contributed by atoms with Crippen LogP contribution in [0.5, 0.6) is 0 Å². The summed E-state index contributed by atoms with van der Waals surface area (Å²) in [4.78, 5) is 3.88. The maximum absolute atomic E-state index is 12.5. The number of amidine groups is 1. The standard InChI is InChI=1S/C8H4FN3S/c9-6-3-1-5(2-4-6)7-10-8(13)12-11-7/h1-4H. The van der Waals surface area contributed by atoms with E-state index in [0.717, 1.165) is 0 Å². The molecule has 1 aromatic carbocycles. The van der Waals surface area contributed by atoms with Crippen LogP contribution >= 0.6 is 12.2 Å². The van der Waals surface area contributed by atoms with Crippen LogP contribution in [-0.2, 0) is 0 Å². The normalized spacial score (nSPS) is 14.8. The maximum Gasteiger partial charge on any atom is 0.242 e. The summed E-state index contributed by atoms with van der Waals surface area (Å²) in [6.45, 7) is 0. The molecule has 0 fully saturated rings. The molecular weight excluding hydrogens is 189 g/mol. The van der Waals surface area contributed by atoms with E-state index in [9.17, 15) is 4.39 Å². The van der Waals surface area contributed by atoms with Crippen molar-refractivity contribution in [2.75, 3.05) is 0 Å². The molecule has 0 radical (unpaired) electrons. The second kappa shape index (κ2) is 3.10. The molecule has 5 heteroatoms. The van der Waals surface area contributed by atoms with Crippen LogP contribution in [0.15, 0.2) is 39.5 Å². The molecule has 13 heavy (non-hydrogen) atoms. The average molecular weight is 193 g/mol. The Morgan fingerprint density at radius 1 is 1.08 bits per heavy atom. The molecule has 0 spiro atoms. The van der Waals surface area contributed by atoms with Crippen molar-refractivity contribution in [2.24, 2.45) is 15.2 Å². The van der Waals surface area contributed by atoms with E-state index in [0.29, 0.717) is 11.4 Å². The molecule has 0 bridgehead atoms. The van der Waals surface area contributed by atoms with Gasteiger partial charge in [-0.2, -0.15) is 4.99 Å². The molecule has 64 valence electrons. The van der Waals surface area contributed by atoms with Crippen LogP contribution in [0.25, 0.3) is 0 Å². The maximum atomic E-state index is 12.5. The summed E-state index contributed by atoms with van der Waals surface area (Å²) in [5, 5.41) is 7.51. The van der Waals surface area contributed by atoms with Gasteiger partial charge in [0.2, 0.25) is 5.11 Å². The third-order valence-corrected chi connectivity index (χ3v) is 1.71. The molecule has 0 unspecified atom stereocenters. The number of hydrogen-bond donors (Lipinski definition) is 0. The van der Waals surface area contributed by atoms with E-state index in [2.05, 4.69) is 15.2 Å². The lowest BCUT2D eigenvalue weighted by Gasteiger charge is -1.93. The summed E-state index contributed by atoms with van der Waals surface area (Å²) in [6.07, 6.45) is 0. The van der Waals surface area contributed by atoms with E-state index in [-0.39, 0.29) is 10.9 Å². The lowest BCUT2D eigenvalue weighted by Crippen LogP contribution is -1.93. The Bertz CT molecular complexity index is 408. The predicted molar refractivity (Wildman–Crippen MR) is 50.4 cm³/mol. The molecule has 0 amide bonds. The fourth-order valence-corrected chi connectivity index (χ4v) is 1.07. The first-order valence-electron chi connectivity index (χ1n) is 3.56. The van der Waals surface area contributed by atoms with E-state index in [1.807, 2.05) is 0 Å². The van der Waals surface area contributed by atoms with Crippen molar-refractivity contribution < 1.29 is 4.39 Å². The smallest absolute Gasteiger partial charge is 0.207 e. The van der Waals surface area contributed by atoms with Crippen LogP contribution in [0.1, 0.15) is 5.56 Å². The minimum absolute atomic E-state index is 0.208. The number of halogens is 1. The molecule has 0 atom stereocenters. The van der Waals surface area contributed by atoms with Crippen LogP contribution in [0.2, 0.25) is 0 Å². The molecule has 0 saturated carbocycles. The number of benzene rings is 1. The van der Waals surface area contributed by atoms with Gasteiger partial charge in [-0.3, -0.25) is 0 Å². The van der Waals surface area contributed by atoms with Crippen LogP contribution in [0, 0.1) is 5.82 Å². The predicted octanol–water partition coefficient (Wildman–Crippen LogP) is 2.32. The number of aliphatic imine (C=N–C) groups is 1. The van der Waals surface area contributed by atoms with Crippen molar-refractivity contribution >= 4 is 23.2 Å². The summed E-state index contributed by atoms with van der Waals surface area (Å²) in [5.41, 5.74) is 0.713. The minimum atomic E-state index is -0.290. The molecule has 0 N–H and O–H groups in total. The van der Waals surface area contributed by atoms with Gasteiger partial charge in [-0.15, -0.1) is 10.2 Å². The molecule has 1 aliphatic heterocycles. The van der Waals surface area contributed by atoms with E-state index in [1.165, 1.54) is 12.1 Å². The highest BCUT2D eigenvalue weighted by atomic mass is 32.1. The topological polar surface area (TPSA) is 37.1 Å². The monoisotopic (exact) mass is 193 g/mol. The molecule has 0 saturated heterocycles. The van der Waals surface area contributed by atoms with Crippen molar-refractivity contribution in [3.63, 3.8) is 0 Å². The van der Waals surface area contributed by atoms with Crippen LogP contribution < -0.4 is 0 Å². The summed E-state index contributed by atoms with van der Waals surface area (Å²) >= 11 is 4.70. The Kier molecular flexibility index (Phi) is 1.94. The number of hydrogen-bond acceptors (Lipinski definition) is 2. The van der Waals surface area contributed by atoms with Crippen LogP contribution in [-0.4, -0.2) is 10.9 Å². The van der Waals surface area contributed by atoms with Gasteiger partial charge in [0.15, 0.2) is 5.84 Å². The number of nitrogens with zero attached hydrogens (tertiary/aromatic N) is 3. The highest BCUT2D eigenvalue weighted by Gasteiger charge is 2.09. The van der Waals surface area contributed by atoms with Gasteiger partial charge in [-0.25, -0.2) is 4.39 Å². The molecule has 2 rings (SSSR count). The van der Waals surface area contributed by atoms with Gasteiger partial charge >= 0.3 is 0 Å². The van der Waals surface area contributed by atoms with Crippen molar-refractivity contribution in [1.82, 2.24) is 0 Å². The molecule has 0 aromatic heterocycles. The summed E-state index contributed by atoms with van der Waals surface area (Å²) < 4.78 is 12.5. The van der Waals surface area contributed by atoms with Crippen molar-refractivity contribution in [2.45, 2.75) is 0 Å². The zero-order valence-electron chi connectivity index (χ0n) is 6.44. The summed E-state index contributed by atoms with van der Waals surface area (Å²) in [7, 11) is 0. The first-order chi connectivity index (χ1) is 6.25. The lowest BCUT2D eigenvalue weighted by molar-refractivity contribution is 0.628. The van der Waals surface area contributed by atoms with Crippen molar-refractivity contribution in [3.05, 3.63) is 35.6 Å². The Morgan fingerprint density at radius 2 is 1.77 bits per heavy atom. The highest BCUT2D eigenvalue weighted by Crippen LogP contribution is 2.10. The Balaban J connectivity index is 2.37. The highest BCUT2D eigenvalue weighted by molar-refractivity contribution is 7.80. The van der Waals surface area contributed by atoms with Gasteiger partial charge in [0.1, 0.15) is 5.82 Å². The zero-order chi connectivity index (χ0) is 9.26. The van der Waals surface area contributed by atoms with Gasteiger partial charge in [0.25, 0.3) is 0 Å². The molecule has 0 aliphatic carbocycles. The second-order valence-corrected chi connectivity index (χ2v) is 2.79. The quantitative estimate of drug-likeness (QED) is 0.630. The SMILES string of the molecule is Fc1ccc(C2=NC(=S)N=N2)cc1. The second-order valence-electron chi connectivity index (χ2n) is 2.42. The van der Waals surface area contributed by atoms with Crippen LogP contribution in [0.4, 0.5) is 4.39 Å². The summed E-state index contributed by atoms with van der Waals surface area (Å²) in [6, 6.07) is 5.85. The van der Waals surface area contributed by atoms with E-state index >= 15 is 0 Å². The van der Waals surface area contributed by atoms with Gasteiger partial charge in [0, 0.05) is 5.56 Å². The Labute approximate surface area is 79.0 Å². The fraction of sp³-hybridized carbons (Fsp3) is 0. The van der Waals surface area contributed by atoms with E-state index in [1.54, 1.807) is 12.1 Å². The first-order valence-corrected chi connectivity index (χ1v) is 3.97. The minimum Gasteiger partial charge on any atom is -0.207 e. The van der Waals surface area contributed by atoms with Gasteiger partial charge in [0.05, 0.1) is 0 Å². The van der Waals surface area contributed by atoms with E-state index < -0.39 is 0 Å². The molecule has 1 heterocycles. The number of thiocarbonyl (C=S) groups is 1. The number of rotatable bonds is 1.